The van der Waals surface area contributed by atoms with Gasteiger partial charge in [0.25, 0.3) is 5.91 Å². The summed E-state index contributed by atoms with van der Waals surface area (Å²) in [4.78, 5) is 48.7. The molecule has 0 aliphatic carbocycles. The van der Waals surface area contributed by atoms with Crippen LogP contribution in [-0.2, 0) is 9.53 Å². The van der Waals surface area contributed by atoms with Crippen molar-refractivity contribution in [2.45, 2.75) is 52.7 Å². The summed E-state index contributed by atoms with van der Waals surface area (Å²) >= 11 is 0. The molecule has 44 heavy (non-hydrogen) atoms. The van der Waals surface area contributed by atoms with Crippen LogP contribution in [0.25, 0.3) is 10.9 Å². The van der Waals surface area contributed by atoms with E-state index in [-0.39, 0.29) is 5.56 Å². The van der Waals surface area contributed by atoms with Crippen molar-refractivity contribution in [2.24, 2.45) is 0 Å². The SMILES string of the molecule is CCCNc1nc(Nc2ccc3nnccc3c2)ncc1C(=O)Nc1cccc(NC(=O)[C@H](C)N(C)C(=O)OC(C)(C)C)c1. The number of benzene rings is 2. The Balaban J connectivity index is 1.45. The van der Waals surface area contributed by atoms with Gasteiger partial charge in [-0.3, -0.25) is 14.5 Å². The zero-order valence-corrected chi connectivity index (χ0v) is 25.6. The number of amides is 3. The highest BCUT2D eigenvalue weighted by molar-refractivity contribution is 6.08. The Morgan fingerprint density at radius 1 is 1.00 bits per heavy atom. The maximum Gasteiger partial charge on any atom is 0.410 e. The summed E-state index contributed by atoms with van der Waals surface area (Å²) in [5.74, 6) is -0.154. The predicted molar refractivity (Wildman–Crippen MR) is 170 cm³/mol. The van der Waals surface area contributed by atoms with E-state index >= 15 is 0 Å². The van der Waals surface area contributed by atoms with Crippen LogP contribution in [0.1, 0.15) is 51.4 Å². The number of rotatable bonds is 10. The van der Waals surface area contributed by atoms with Crippen molar-refractivity contribution in [3.8, 4) is 0 Å². The molecule has 0 bridgehead atoms. The fourth-order valence-electron chi connectivity index (χ4n) is 3.97. The van der Waals surface area contributed by atoms with E-state index in [1.54, 1.807) is 58.2 Å². The molecular formula is C31H37N9O4. The van der Waals surface area contributed by atoms with Crippen molar-refractivity contribution in [1.82, 2.24) is 25.1 Å². The van der Waals surface area contributed by atoms with Crippen LogP contribution in [0.15, 0.2) is 60.9 Å². The molecule has 0 aliphatic rings. The first-order valence-corrected chi connectivity index (χ1v) is 14.2. The van der Waals surface area contributed by atoms with Crippen molar-refractivity contribution >= 4 is 57.6 Å². The third kappa shape index (κ3) is 8.37. The number of hydrogen-bond donors (Lipinski definition) is 4. The summed E-state index contributed by atoms with van der Waals surface area (Å²) < 4.78 is 5.35. The van der Waals surface area contributed by atoms with Crippen molar-refractivity contribution in [3.63, 3.8) is 0 Å². The van der Waals surface area contributed by atoms with E-state index in [1.807, 2.05) is 31.2 Å². The lowest BCUT2D eigenvalue weighted by Crippen LogP contribution is -2.45. The van der Waals surface area contributed by atoms with Crippen LogP contribution < -0.4 is 21.3 Å². The minimum atomic E-state index is -0.803. The molecule has 4 N–H and O–H groups in total. The summed E-state index contributed by atoms with van der Waals surface area (Å²) in [6.07, 6.45) is 3.29. The molecule has 0 radical (unpaired) electrons. The lowest BCUT2D eigenvalue weighted by molar-refractivity contribution is -0.120. The lowest BCUT2D eigenvalue weighted by Gasteiger charge is -2.28. The number of nitrogens with one attached hydrogen (secondary N) is 4. The van der Waals surface area contributed by atoms with E-state index in [0.717, 1.165) is 23.0 Å². The Bertz CT molecular complexity index is 1660. The smallest absolute Gasteiger partial charge is 0.410 e. The molecular weight excluding hydrogens is 562 g/mol. The number of nitrogens with zero attached hydrogens (tertiary/aromatic N) is 5. The Hall–Kier alpha value is -5.33. The Kier molecular flexibility index (Phi) is 9.88. The quantitative estimate of drug-likeness (QED) is 0.185. The van der Waals surface area contributed by atoms with Crippen molar-refractivity contribution in [2.75, 3.05) is 34.9 Å². The van der Waals surface area contributed by atoms with Gasteiger partial charge in [-0.25, -0.2) is 9.78 Å². The molecule has 13 heteroatoms. The average molecular weight is 600 g/mol. The van der Waals surface area contributed by atoms with Crippen LogP contribution in [0.3, 0.4) is 0 Å². The van der Waals surface area contributed by atoms with E-state index < -0.39 is 29.6 Å². The standard InChI is InChI=1S/C31H37N9O4/c1-7-14-32-26-24(18-33-29(38-26)37-23-11-12-25-20(16-23)13-15-34-39-25)28(42)36-22-10-8-9-21(17-22)35-27(41)19(2)40(6)30(43)44-31(3,4)5/h8-13,15-19H,7,14H2,1-6H3,(H,35,41)(H,36,42)(H2,32,33,37,38)/t19-/m0/s1. The van der Waals surface area contributed by atoms with E-state index in [1.165, 1.54) is 18.1 Å². The number of hydrogen-bond acceptors (Lipinski definition) is 10. The number of anilines is 5. The topological polar surface area (TPSA) is 163 Å². The third-order valence-corrected chi connectivity index (χ3v) is 6.38. The molecule has 0 spiro atoms. The van der Waals surface area contributed by atoms with Gasteiger partial charge in [0.05, 0.1) is 11.7 Å². The van der Waals surface area contributed by atoms with Crippen LogP contribution in [-0.4, -0.2) is 68.2 Å². The normalized spacial score (nSPS) is 11.8. The maximum atomic E-state index is 13.3. The highest BCUT2D eigenvalue weighted by Crippen LogP contribution is 2.23. The van der Waals surface area contributed by atoms with Crippen LogP contribution in [0, 0.1) is 0 Å². The highest BCUT2D eigenvalue weighted by Gasteiger charge is 2.27. The first-order valence-electron chi connectivity index (χ1n) is 14.2. The van der Waals surface area contributed by atoms with E-state index in [9.17, 15) is 14.4 Å². The predicted octanol–water partition coefficient (Wildman–Crippen LogP) is 5.43. The van der Waals surface area contributed by atoms with Gasteiger partial charge in [0.1, 0.15) is 23.0 Å². The lowest BCUT2D eigenvalue weighted by atomic mass is 10.2. The fraction of sp³-hybridized carbons (Fsp3) is 0.323. The van der Waals surface area contributed by atoms with Crippen molar-refractivity contribution in [3.05, 3.63) is 66.5 Å². The van der Waals surface area contributed by atoms with Crippen molar-refractivity contribution in [1.29, 1.82) is 0 Å². The number of carbonyl (C=O) groups excluding carboxylic acids is 3. The van der Waals surface area contributed by atoms with E-state index in [2.05, 4.69) is 41.4 Å². The zero-order valence-electron chi connectivity index (χ0n) is 25.6. The van der Waals surface area contributed by atoms with E-state index in [4.69, 9.17) is 4.74 Å². The van der Waals surface area contributed by atoms with Crippen LogP contribution in [0.4, 0.5) is 33.6 Å². The molecule has 2 aromatic carbocycles. The monoisotopic (exact) mass is 599 g/mol. The molecule has 2 aromatic heterocycles. The molecule has 0 saturated heterocycles. The minimum absolute atomic E-state index is 0.250. The Morgan fingerprint density at radius 3 is 2.48 bits per heavy atom. The second kappa shape index (κ2) is 13.8. The molecule has 13 nitrogen and oxygen atoms in total. The fourth-order valence-corrected chi connectivity index (χ4v) is 3.97. The molecule has 4 aromatic rings. The number of carbonyl (C=O) groups is 3. The van der Waals surface area contributed by atoms with Gasteiger partial charge in [0.15, 0.2) is 0 Å². The van der Waals surface area contributed by atoms with Gasteiger partial charge in [-0.15, -0.1) is 0 Å². The minimum Gasteiger partial charge on any atom is -0.444 e. The van der Waals surface area contributed by atoms with Gasteiger partial charge < -0.3 is 26.0 Å². The molecule has 230 valence electrons. The number of fused-ring (bicyclic) bond motifs is 1. The second-order valence-electron chi connectivity index (χ2n) is 11.1. The Morgan fingerprint density at radius 2 is 1.75 bits per heavy atom. The zero-order chi connectivity index (χ0) is 31.9. The summed E-state index contributed by atoms with van der Waals surface area (Å²) in [6, 6.07) is 13.4. The summed E-state index contributed by atoms with van der Waals surface area (Å²) in [5, 5.41) is 20.9. The molecule has 0 unspecified atom stereocenters. The molecule has 0 fully saturated rings. The largest absolute Gasteiger partial charge is 0.444 e. The molecule has 0 aliphatic heterocycles. The first kappa shape index (κ1) is 31.6. The molecule has 1 atom stereocenters. The second-order valence-corrected chi connectivity index (χ2v) is 11.1. The van der Waals surface area contributed by atoms with Gasteiger partial charge >= 0.3 is 6.09 Å². The van der Waals surface area contributed by atoms with Crippen molar-refractivity contribution < 1.29 is 19.1 Å². The van der Waals surface area contributed by atoms with E-state index in [0.29, 0.717) is 29.7 Å². The van der Waals surface area contributed by atoms with Gasteiger partial charge in [-0.2, -0.15) is 15.2 Å². The van der Waals surface area contributed by atoms with Gasteiger partial charge in [-0.05, 0) is 76.6 Å². The van der Waals surface area contributed by atoms with Gasteiger partial charge in [0, 0.05) is 42.2 Å². The van der Waals surface area contributed by atoms with Gasteiger partial charge in [0.2, 0.25) is 11.9 Å². The third-order valence-electron chi connectivity index (χ3n) is 6.38. The molecule has 0 saturated carbocycles. The summed E-state index contributed by atoms with van der Waals surface area (Å²) in [6.45, 7) is 9.48. The summed E-state index contributed by atoms with van der Waals surface area (Å²) in [7, 11) is 1.50. The summed E-state index contributed by atoms with van der Waals surface area (Å²) in [5.41, 5.74) is 1.98. The first-order chi connectivity index (χ1) is 20.9. The number of aromatic nitrogens is 4. The highest BCUT2D eigenvalue weighted by atomic mass is 16.6. The van der Waals surface area contributed by atoms with Crippen LogP contribution >= 0.6 is 0 Å². The molecule has 4 rings (SSSR count). The number of ether oxygens (including phenoxy) is 1. The molecule has 2 heterocycles. The van der Waals surface area contributed by atoms with Crippen LogP contribution in [0.5, 0.6) is 0 Å². The van der Waals surface area contributed by atoms with Crippen LogP contribution in [0.2, 0.25) is 0 Å². The Labute approximate surface area is 255 Å². The average Bonchev–Trinajstić information content (AvgIpc) is 2.98. The molecule has 3 amide bonds. The number of likely N-dealkylation sites (N-methyl/N-ethyl adjacent to an activating group) is 1. The maximum absolute atomic E-state index is 13.3. The van der Waals surface area contributed by atoms with Gasteiger partial charge in [-0.1, -0.05) is 13.0 Å².